The van der Waals surface area contributed by atoms with E-state index in [-0.39, 0.29) is 11.9 Å². The first-order chi connectivity index (χ1) is 9.08. The molecule has 98 valence electrons. The third kappa shape index (κ3) is 3.19. The average Bonchev–Trinajstić information content (AvgIpc) is 2.42. The van der Waals surface area contributed by atoms with Gasteiger partial charge in [-0.15, -0.1) is 0 Å². The molecule has 3 nitrogen and oxygen atoms in total. The molecule has 0 bridgehead atoms. The van der Waals surface area contributed by atoms with Crippen molar-refractivity contribution in [3.8, 4) is 0 Å². The Morgan fingerprint density at radius 1 is 1.11 bits per heavy atom. The molecule has 2 rings (SSSR count). The lowest BCUT2D eigenvalue weighted by molar-refractivity contribution is 0.0940. The Morgan fingerprint density at radius 3 is 2.42 bits per heavy atom. The standard InChI is InChI=1S/C16H18N2O/c1-11-4-5-15(10-12(11)2)16(19)18-13(3)14-6-8-17-9-7-14/h4-10,13H,1-3H3,(H,18,19). The molecule has 1 atom stereocenters. The van der Waals surface area contributed by atoms with Crippen molar-refractivity contribution in [1.29, 1.82) is 0 Å². The summed E-state index contributed by atoms with van der Waals surface area (Å²) in [5.74, 6) is -0.0487. The van der Waals surface area contributed by atoms with Crippen molar-refractivity contribution >= 4 is 5.91 Å². The number of carbonyl (C=O) groups excluding carboxylic acids is 1. The Morgan fingerprint density at radius 2 is 1.79 bits per heavy atom. The van der Waals surface area contributed by atoms with E-state index in [1.807, 2.05) is 51.1 Å². The average molecular weight is 254 g/mol. The summed E-state index contributed by atoms with van der Waals surface area (Å²) < 4.78 is 0. The molecule has 1 aromatic carbocycles. The summed E-state index contributed by atoms with van der Waals surface area (Å²) in [6.07, 6.45) is 3.46. The first-order valence-corrected chi connectivity index (χ1v) is 6.36. The molecule has 1 aromatic heterocycles. The number of hydrogen-bond donors (Lipinski definition) is 1. The van der Waals surface area contributed by atoms with Crippen molar-refractivity contribution in [1.82, 2.24) is 10.3 Å². The highest BCUT2D eigenvalue weighted by molar-refractivity contribution is 5.94. The molecule has 0 radical (unpaired) electrons. The quantitative estimate of drug-likeness (QED) is 0.914. The Balaban J connectivity index is 2.11. The van der Waals surface area contributed by atoms with Gasteiger partial charge >= 0.3 is 0 Å². The Hall–Kier alpha value is -2.16. The van der Waals surface area contributed by atoms with Gasteiger partial charge in [0.2, 0.25) is 0 Å². The van der Waals surface area contributed by atoms with Crippen LogP contribution in [-0.4, -0.2) is 10.9 Å². The topological polar surface area (TPSA) is 42.0 Å². The summed E-state index contributed by atoms with van der Waals surface area (Å²) in [6.45, 7) is 6.02. The van der Waals surface area contributed by atoms with E-state index in [4.69, 9.17) is 0 Å². The van der Waals surface area contributed by atoms with Gasteiger partial charge in [-0.2, -0.15) is 0 Å². The number of pyridine rings is 1. The van der Waals surface area contributed by atoms with E-state index in [0.717, 1.165) is 11.1 Å². The number of aromatic nitrogens is 1. The van der Waals surface area contributed by atoms with Crippen LogP contribution in [0.5, 0.6) is 0 Å². The van der Waals surface area contributed by atoms with Crippen LogP contribution in [0, 0.1) is 13.8 Å². The molecule has 0 aliphatic heterocycles. The molecule has 0 aliphatic carbocycles. The van der Waals surface area contributed by atoms with E-state index >= 15 is 0 Å². The smallest absolute Gasteiger partial charge is 0.251 e. The minimum atomic E-state index is -0.0487. The van der Waals surface area contributed by atoms with Gasteiger partial charge in [0, 0.05) is 18.0 Å². The van der Waals surface area contributed by atoms with Crippen LogP contribution in [-0.2, 0) is 0 Å². The van der Waals surface area contributed by atoms with Gasteiger partial charge in [0.1, 0.15) is 0 Å². The molecule has 3 heteroatoms. The summed E-state index contributed by atoms with van der Waals surface area (Å²) in [7, 11) is 0. The SMILES string of the molecule is Cc1ccc(C(=O)NC(C)c2ccncc2)cc1C. The minimum absolute atomic E-state index is 0.0305. The fraction of sp³-hybridized carbons (Fsp3) is 0.250. The molecule has 2 aromatic rings. The van der Waals surface area contributed by atoms with Crippen LogP contribution in [0.15, 0.2) is 42.7 Å². The number of carbonyl (C=O) groups is 1. The van der Waals surface area contributed by atoms with E-state index in [1.54, 1.807) is 12.4 Å². The van der Waals surface area contributed by atoms with Crippen molar-refractivity contribution in [2.45, 2.75) is 26.8 Å². The highest BCUT2D eigenvalue weighted by Gasteiger charge is 2.11. The summed E-state index contributed by atoms with van der Waals surface area (Å²) in [4.78, 5) is 16.1. The first-order valence-electron chi connectivity index (χ1n) is 6.36. The predicted molar refractivity (Wildman–Crippen MR) is 76.0 cm³/mol. The van der Waals surface area contributed by atoms with Gasteiger partial charge in [0.15, 0.2) is 0 Å². The Bertz CT molecular complexity index is 579. The van der Waals surface area contributed by atoms with E-state index < -0.39 is 0 Å². The summed E-state index contributed by atoms with van der Waals surface area (Å²) >= 11 is 0. The first kappa shape index (κ1) is 13.3. The zero-order chi connectivity index (χ0) is 13.8. The summed E-state index contributed by atoms with van der Waals surface area (Å²) in [5, 5.41) is 2.99. The predicted octanol–water partition coefficient (Wildman–Crippen LogP) is 3.19. The fourth-order valence-electron chi connectivity index (χ4n) is 1.90. The molecule has 1 unspecified atom stereocenters. The summed E-state index contributed by atoms with van der Waals surface area (Å²) in [5.41, 5.74) is 4.07. The normalized spacial score (nSPS) is 11.9. The van der Waals surface area contributed by atoms with Crippen molar-refractivity contribution in [3.63, 3.8) is 0 Å². The lowest BCUT2D eigenvalue weighted by Crippen LogP contribution is -2.26. The minimum Gasteiger partial charge on any atom is -0.346 e. The van der Waals surface area contributed by atoms with Gasteiger partial charge in [-0.3, -0.25) is 9.78 Å². The number of hydrogen-bond acceptors (Lipinski definition) is 2. The van der Waals surface area contributed by atoms with Crippen LogP contribution in [0.1, 0.15) is 40.0 Å². The van der Waals surface area contributed by atoms with E-state index in [0.29, 0.717) is 5.56 Å². The second-order valence-electron chi connectivity index (χ2n) is 4.77. The van der Waals surface area contributed by atoms with Gasteiger partial charge in [0.25, 0.3) is 5.91 Å². The molecule has 1 heterocycles. The highest BCUT2D eigenvalue weighted by atomic mass is 16.1. The van der Waals surface area contributed by atoms with Crippen LogP contribution in [0.4, 0.5) is 0 Å². The number of nitrogens with one attached hydrogen (secondary N) is 1. The van der Waals surface area contributed by atoms with Crippen molar-refractivity contribution < 1.29 is 4.79 Å². The maximum atomic E-state index is 12.2. The van der Waals surface area contributed by atoms with Gasteiger partial charge in [-0.05, 0) is 61.7 Å². The van der Waals surface area contributed by atoms with Crippen molar-refractivity contribution in [2.24, 2.45) is 0 Å². The largest absolute Gasteiger partial charge is 0.346 e. The second-order valence-corrected chi connectivity index (χ2v) is 4.77. The molecule has 0 saturated heterocycles. The molecule has 0 fully saturated rings. The van der Waals surface area contributed by atoms with E-state index in [1.165, 1.54) is 5.56 Å². The van der Waals surface area contributed by atoms with Gasteiger partial charge in [0.05, 0.1) is 6.04 Å². The van der Waals surface area contributed by atoms with E-state index in [9.17, 15) is 4.79 Å². The maximum absolute atomic E-state index is 12.2. The highest BCUT2D eigenvalue weighted by Crippen LogP contribution is 2.13. The van der Waals surface area contributed by atoms with Crippen LogP contribution < -0.4 is 5.32 Å². The molecule has 0 saturated carbocycles. The number of amides is 1. The molecule has 0 aliphatic rings. The van der Waals surface area contributed by atoms with Crippen molar-refractivity contribution in [2.75, 3.05) is 0 Å². The van der Waals surface area contributed by atoms with Crippen LogP contribution in [0.25, 0.3) is 0 Å². The van der Waals surface area contributed by atoms with Crippen LogP contribution in [0.3, 0.4) is 0 Å². The van der Waals surface area contributed by atoms with Crippen LogP contribution in [0.2, 0.25) is 0 Å². The molecular formula is C16H18N2O. The van der Waals surface area contributed by atoms with Gasteiger partial charge < -0.3 is 5.32 Å². The third-order valence-corrected chi connectivity index (χ3v) is 3.32. The lowest BCUT2D eigenvalue weighted by atomic mass is 10.0. The fourth-order valence-corrected chi connectivity index (χ4v) is 1.90. The molecule has 1 amide bonds. The molecule has 1 N–H and O–H groups in total. The Kier molecular flexibility index (Phi) is 3.95. The van der Waals surface area contributed by atoms with E-state index in [2.05, 4.69) is 10.3 Å². The second kappa shape index (κ2) is 5.65. The number of benzene rings is 1. The summed E-state index contributed by atoms with van der Waals surface area (Å²) in [6, 6.07) is 9.54. The van der Waals surface area contributed by atoms with Crippen LogP contribution >= 0.6 is 0 Å². The zero-order valence-electron chi connectivity index (χ0n) is 11.5. The molecule has 19 heavy (non-hydrogen) atoms. The maximum Gasteiger partial charge on any atom is 0.251 e. The third-order valence-electron chi connectivity index (χ3n) is 3.32. The van der Waals surface area contributed by atoms with Gasteiger partial charge in [-0.25, -0.2) is 0 Å². The van der Waals surface area contributed by atoms with Gasteiger partial charge in [-0.1, -0.05) is 6.07 Å². The Labute approximate surface area is 113 Å². The number of nitrogens with zero attached hydrogens (tertiary/aromatic N) is 1. The molecular weight excluding hydrogens is 236 g/mol. The zero-order valence-corrected chi connectivity index (χ0v) is 11.5. The lowest BCUT2D eigenvalue weighted by Gasteiger charge is -2.14. The number of rotatable bonds is 3. The monoisotopic (exact) mass is 254 g/mol. The van der Waals surface area contributed by atoms with Crippen molar-refractivity contribution in [3.05, 3.63) is 65.0 Å². The number of aryl methyl sites for hydroxylation is 2. The molecule has 0 spiro atoms.